The Balaban J connectivity index is 1.51. The van der Waals surface area contributed by atoms with Crippen molar-refractivity contribution in [2.75, 3.05) is 26.8 Å². The smallest absolute Gasteiger partial charge is 0.258 e. The summed E-state index contributed by atoms with van der Waals surface area (Å²) in [5, 5.41) is 2.97. The molecule has 1 aliphatic heterocycles. The van der Waals surface area contributed by atoms with E-state index in [0.717, 1.165) is 6.54 Å². The number of hydrogen-bond acceptors (Lipinski definition) is 3. The Morgan fingerprint density at radius 3 is 2.37 bits per heavy atom. The molecule has 2 N–H and O–H groups in total. The van der Waals surface area contributed by atoms with Crippen molar-refractivity contribution in [1.29, 1.82) is 0 Å². The van der Waals surface area contributed by atoms with E-state index in [1.807, 2.05) is 24.3 Å². The Hall–Kier alpha value is -2.53. The molecule has 0 aliphatic carbocycles. The number of ether oxygens (including phenoxy) is 2. The molecule has 27 heavy (non-hydrogen) atoms. The summed E-state index contributed by atoms with van der Waals surface area (Å²) in [5.74, 6) is 1.06. The van der Waals surface area contributed by atoms with Crippen molar-refractivity contribution >= 4 is 5.91 Å². The summed E-state index contributed by atoms with van der Waals surface area (Å²) < 4.78 is 10.8. The standard InChI is InChI=1S/C22H28N2O3/c1-26-20-11-5-6-12-21(20)27-17-22(25)23-15-18-9-3-4-10-19(18)16-24-13-7-2-8-14-24/h3-6,9-12H,2,7-8,13-17H2,1H3,(H,23,25)/p+1. The summed E-state index contributed by atoms with van der Waals surface area (Å²) in [7, 11) is 1.59. The van der Waals surface area contributed by atoms with Gasteiger partial charge in [0.25, 0.3) is 5.91 Å². The van der Waals surface area contributed by atoms with Crippen LogP contribution in [-0.4, -0.2) is 32.7 Å². The average molecular weight is 369 g/mol. The molecule has 2 aromatic carbocycles. The van der Waals surface area contributed by atoms with E-state index in [2.05, 4.69) is 23.5 Å². The van der Waals surface area contributed by atoms with E-state index >= 15 is 0 Å². The molecule has 0 spiro atoms. The molecule has 1 aliphatic rings. The number of likely N-dealkylation sites (tertiary alicyclic amines) is 1. The quantitative estimate of drug-likeness (QED) is 0.748. The van der Waals surface area contributed by atoms with Crippen LogP contribution in [0.3, 0.4) is 0 Å². The number of para-hydroxylation sites is 2. The van der Waals surface area contributed by atoms with Crippen molar-refractivity contribution < 1.29 is 19.2 Å². The summed E-state index contributed by atoms with van der Waals surface area (Å²) in [6.07, 6.45) is 3.98. The predicted molar refractivity (Wildman–Crippen MR) is 105 cm³/mol. The first-order valence-electron chi connectivity index (χ1n) is 9.69. The number of hydrogen-bond donors (Lipinski definition) is 2. The summed E-state index contributed by atoms with van der Waals surface area (Å²) in [6.45, 7) is 4.02. The van der Waals surface area contributed by atoms with Gasteiger partial charge < -0.3 is 19.7 Å². The number of piperidine rings is 1. The van der Waals surface area contributed by atoms with E-state index in [1.165, 1.54) is 43.5 Å². The zero-order valence-corrected chi connectivity index (χ0v) is 16.0. The molecule has 2 aromatic rings. The van der Waals surface area contributed by atoms with Crippen LogP contribution in [0.25, 0.3) is 0 Å². The summed E-state index contributed by atoms with van der Waals surface area (Å²) in [5.41, 5.74) is 2.50. The van der Waals surface area contributed by atoms with Gasteiger partial charge in [-0.25, -0.2) is 0 Å². The van der Waals surface area contributed by atoms with Gasteiger partial charge in [-0.3, -0.25) is 4.79 Å². The maximum absolute atomic E-state index is 12.2. The molecule has 1 fully saturated rings. The fraction of sp³-hybridized carbons (Fsp3) is 0.409. The van der Waals surface area contributed by atoms with E-state index in [4.69, 9.17) is 9.47 Å². The van der Waals surface area contributed by atoms with Crippen molar-refractivity contribution in [3.8, 4) is 11.5 Å². The van der Waals surface area contributed by atoms with E-state index < -0.39 is 0 Å². The maximum atomic E-state index is 12.2. The second kappa shape index (κ2) is 9.97. The minimum atomic E-state index is -0.138. The lowest BCUT2D eigenvalue weighted by Crippen LogP contribution is -3.11. The number of carbonyl (C=O) groups excluding carboxylic acids is 1. The summed E-state index contributed by atoms with van der Waals surface area (Å²) in [4.78, 5) is 13.8. The molecule has 0 radical (unpaired) electrons. The fourth-order valence-corrected chi connectivity index (χ4v) is 3.53. The Kier molecular flexibility index (Phi) is 7.11. The number of amides is 1. The number of benzene rings is 2. The molecule has 1 heterocycles. The molecule has 1 amide bonds. The molecule has 3 rings (SSSR count). The predicted octanol–water partition coefficient (Wildman–Crippen LogP) is 1.96. The molecule has 1 saturated heterocycles. The van der Waals surface area contributed by atoms with Gasteiger partial charge in [0.1, 0.15) is 6.54 Å². The van der Waals surface area contributed by atoms with Gasteiger partial charge in [0.2, 0.25) is 0 Å². The number of rotatable bonds is 8. The molecule has 0 bridgehead atoms. The van der Waals surface area contributed by atoms with Crippen LogP contribution in [0.2, 0.25) is 0 Å². The molecule has 0 unspecified atom stereocenters. The third kappa shape index (κ3) is 5.73. The van der Waals surface area contributed by atoms with Crippen LogP contribution in [0.5, 0.6) is 11.5 Å². The molecule has 0 saturated carbocycles. The van der Waals surface area contributed by atoms with Crippen LogP contribution in [0.15, 0.2) is 48.5 Å². The first-order chi connectivity index (χ1) is 13.3. The van der Waals surface area contributed by atoms with Crippen LogP contribution >= 0.6 is 0 Å². The minimum Gasteiger partial charge on any atom is -0.493 e. The minimum absolute atomic E-state index is 0.0279. The number of carbonyl (C=O) groups is 1. The Bertz CT molecular complexity index is 742. The van der Waals surface area contributed by atoms with Crippen LogP contribution < -0.4 is 19.7 Å². The first-order valence-corrected chi connectivity index (χ1v) is 9.69. The van der Waals surface area contributed by atoms with E-state index in [-0.39, 0.29) is 12.5 Å². The largest absolute Gasteiger partial charge is 0.493 e. The lowest BCUT2D eigenvalue weighted by Gasteiger charge is -2.24. The normalized spacial score (nSPS) is 14.6. The van der Waals surface area contributed by atoms with Gasteiger partial charge in [0, 0.05) is 12.1 Å². The van der Waals surface area contributed by atoms with Crippen LogP contribution in [-0.2, 0) is 17.9 Å². The number of methoxy groups -OCH3 is 1. The highest BCUT2D eigenvalue weighted by molar-refractivity contribution is 5.77. The lowest BCUT2D eigenvalue weighted by atomic mass is 10.0. The highest BCUT2D eigenvalue weighted by atomic mass is 16.5. The average Bonchev–Trinajstić information content (AvgIpc) is 2.72. The van der Waals surface area contributed by atoms with Crippen molar-refractivity contribution in [3.63, 3.8) is 0 Å². The topological polar surface area (TPSA) is 52.0 Å². The second-order valence-corrected chi connectivity index (χ2v) is 6.97. The van der Waals surface area contributed by atoms with Gasteiger partial charge in [-0.05, 0) is 37.0 Å². The molecule has 0 aromatic heterocycles. The Morgan fingerprint density at radius 2 is 1.63 bits per heavy atom. The molecule has 5 nitrogen and oxygen atoms in total. The van der Waals surface area contributed by atoms with Gasteiger partial charge in [-0.1, -0.05) is 36.4 Å². The monoisotopic (exact) mass is 369 g/mol. The fourth-order valence-electron chi connectivity index (χ4n) is 3.53. The second-order valence-electron chi connectivity index (χ2n) is 6.97. The summed E-state index contributed by atoms with van der Waals surface area (Å²) >= 11 is 0. The maximum Gasteiger partial charge on any atom is 0.258 e. The Morgan fingerprint density at radius 1 is 0.963 bits per heavy atom. The van der Waals surface area contributed by atoms with Crippen molar-refractivity contribution in [2.45, 2.75) is 32.4 Å². The van der Waals surface area contributed by atoms with Gasteiger partial charge in [-0.2, -0.15) is 0 Å². The molecule has 144 valence electrons. The third-order valence-electron chi connectivity index (χ3n) is 5.02. The summed E-state index contributed by atoms with van der Waals surface area (Å²) in [6, 6.07) is 15.7. The third-order valence-corrected chi connectivity index (χ3v) is 5.02. The zero-order valence-electron chi connectivity index (χ0n) is 16.0. The zero-order chi connectivity index (χ0) is 18.9. The van der Waals surface area contributed by atoms with Crippen molar-refractivity contribution in [3.05, 3.63) is 59.7 Å². The highest BCUT2D eigenvalue weighted by Crippen LogP contribution is 2.25. The van der Waals surface area contributed by atoms with Crippen LogP contribution in [0, 0.1) is 0 Å². The number of quaternary nitrogens is 1. The van der Waals surface area contributed by atoms with Crippen LogP contribution in [0.4, 0.5) is 0 Å². The number of nitrogens with one attached hydrogen (secondary N) is 2. The van der Waals surface area contributed by atoms with Crippen molar-refractivity contribution in [2.24, 2.45) is 0 Å². The first kappa shape index (κ1) is 19.2. The molecular formula is C22H29N2O3+. The molecule has 0 atom stereocenters. The van der Waals surface area contributed by atoms with Crippen molar-refractivity contribution in [1.82, 2.24) is 5.32 Å². The molecular weight excluding hydrogens is 340 g/mol. The van der Waals surface area contributed by atoms with Crippen LogP contribution in [0.1, 0.15) is 30.4 Å². The van der Waals surface area contributed by atoms with Gasteiger partial charge in [-0.15, -0.1) is 0 Å². The van der Waals surface area contributed by atoms with E-state index in [1.54, 1.807) is 18.1 Å². The Labute approximate surface area is 161 Å². The lowest BCUT2D eigenvalue weighted by molar-refractivity contribution is -0.918. The van der Waals surface area contributed by atoms with E-state index in [9.17, 15) is 4.79 Å². The van der Waals surface area contributed by atoms with E-state index in [0.29, 0.717) is 18.0 Å². The SMILES string of the molecule is COc1ccccc1OCC(=O)NCc1ccccc1C[NH+]1CCCCC1. The molecule has 5 heteroatoms. The van der Waals surface area contributed by atoms with Gasteiger partial charge in [0.05, 0.1) is 20.2 Å². The van der Waals surface area contributed by atoms with Gasteiger partial charge >= 0.3 is 0 Å². The highest BCUT2D eigenvalue weighted by Gasteiger charge is 2.16. The van der Waals surface area contributed by atoms with Gasteiger partial charge in [0.15, 0.2) is 18.1 Å².